The van der Waals surface area contributed by atoms with Crippen LogP contribution in [0.2, 0.25) is 0 Å². The first-order valence-electron chi connectivity index (χ1n) is 6.08. The van der Waals surface area contributed by atoms with E-state index in [2.05, 4.69) is 0 Å². The monoisotopic (exact) mass is 307 g/mol. The van der Waals surface area contributed by atoms with Crippen LogP contribution in [0.1, 0.15) is 11.1 Å². The molecule has 2 rings (SSSR count). The van der Waals surface area contributed by atoms with Gasteiger partial charge in [0.1, 0.15) is 11.5 Å². The third-order valence-electron chi connectivity index (χ3n) is 2.86. The number of hydrogen-bond donors (Lipinski definition) is 0. The van der Waals surface area contributed by atoms with Gasteiger partial charge < -0.3 is 4.18 Å². The van der Waals surface area contributed by atoms with Crippen molar-refractivity contribution < 1.29 is 17.5 Å². The molecule has 0 aliphatic heterocycles. The molecule has 110 valence electrons. The van der Waals surface area contributed by atoms with Crippen LogP contribution in [-0.2, 0) is 15.9 Å². The first-order valence-corrected chi connectivity index (χ1v) is 7.66. The molecule has 7 heteroatoms. The molecule has 0 atom stereocenters. The highest BCUT2D eigenvalue weighted by Crippen LogP contribution is 2.20. The maximum atomic E-state index is 12.0. The summed E-state index contributed by atoms with van der Waals surface area (Å²) in [6.45, 7) is 1.82. The second-order valence-corrected chi connectivity index (χ2v) is 6.03. The van der Waals surface area contributed by atoms with E-state index in [9.17, 15) is 18.5 Å². The molecule has 0 aliphatic carbocycles. The van der Waals surface area contributed by atoms with E-state index in [-0.39, 0.29) is 17.2 Å². The lowest BCUT2D eigenvalue weighted by atomic mass is 10.1. The lowest BCUT2D eigenvalue weighted by Crippen LogP contribution is -2.12. The molecule has 0 fully saturated rings. The molecule has 0 saturated carbocycles. The maximum Gasteiger partial charge on any atom is 0.313 e. The third-order valence-corrected chi connectivity index (χ3v) is 3.98. The minimum Gasteiger partial charge on any atom is -0.382 e. The van der Waals surface area contributed by atoms with E-state index in [1.807, 2.05) is 19.1 Å². The molecule has 0 saturated heterocycles. The summed E-state index contributed by atoms with van der Waals surface area (Å²) in [5.74, 6) is -0.203. The lowest BCUT2D eigenvalue weighted by molar-refractivity contribution is -0.384. The summed E-state index contributed by atoms with van der Waals surface area (Å²) >= 11 is 0. The molecule has 2 aromatic rings. The van der Waals surface area contributed by atoms with Crippen LogP contribution in [0, 0.1) is 17.0 Å². The van der Waals surface area contributed by atoms with Crippen molar-refractivity contribution in [1.29, 1.82) is 0 Å². The molecule has 21 heavy (non-hydrogen) atoms. The Hall–Kier alpha value is -2.41. The third kappa shape index (κ3) is 4.03. The highest BCUT2D eigenvalue weighted by Gasteiger charge is 2.16. The van der Waals surface area contributed by atoms with Gasteiger partial charge in [-0.3, -0.25) is 10.1 Å². The van der Waals surface area contributed by atoms with E-state index in [0.717, 1.165) is 5.56 Å². The average molecular weight is 307 g/mol. The lowest BCUT2D eigenvalue weighted by Gasteiger charge is -2.08. The number of nitro benzene ring substituents is 1. The number of hydrogen-bond acceptors (Lipinski definition) is 5. The fourth-order valence-corrected chi connectivity index (χ4v) is 2.93. The zero-order valence-electron chi connectivity index (χ0n) is 11.2. The standard InChI is InChI=1S/C14H13NO5S/c1-11-4-2-3-5-12(11)10-21(18,19)20-14-8-6-13(7-9-14)15(16)17/h2-9H,10H2,1H3. The van der Waals surface area contributed by atoms with Gasteiger partial charge >= 0.3 is 10.1 Å². The van der Waals surface area contributed by atoms with Crippen molar-refractivity contribution >= 4 is 15.8 Å². The summed E-state index contributed by atoms with van der Waals surface area (Å²) in [6, 6.07) is 12.0. The van der Waals surface area contributed by atoms with Crippen molar-refractivity contribution in [3.63, 3.8) is 0 Å². The largest absolute Gasteiger partial charge is 0.382 e. The number of aryl methyl sites for hydroxylation is 1. The molecule has 2 aromatic carbocycles. The fraction of sp³-hybridized carbons (Fsp3) is 0.143. The van der Waals surface area contributed by atoms with Gasteiger partial charge in [-0.2, -0.15) is 8.42 Å². The number of nitro groups is 1. The molecule has 6 nitrogen and oxygen atoms in total. The van der Waals surface area contributed by atoms with Crippen LogP contribution in [-0.4, -0.2) is 13.3 Å². The topological polar surface area (TPSA) is 86.5 Å². The predicted octanol–water partition coefficient (Wildman–Crippen LogP) is 2.81. The van der Waals surface area contributed by atoms with Crippen LogP contribution in [0.15, 0.2) is 48.5 Å². The number of rotatable bonds is 5. The summed E-state index contributed by atoms with van der Waals surface area (Å²) < 4.78 is 28.9. The molecule has 0 aromatic heterocycles. The minimum atomic E-state index is -3.81. The molecule has 0 aliphatic rings. The Morgan fingerprint density at radius 1 is 1.10 bits per heavy atom. The quantitative estimate of drug-likeness (QED) is 0.481. The number of benzene rings is 2. The Labute approximate surface area is 122 Å². The molecular weight excluding hydrogens is 294 g/mol. The Morgan fingerprint density at radius 2 is 1.71 bits per heavy atom. The molecule has 0 N–H and O–H groups in total. The van der Waals surface area contributed by atoms with E-state index in [4.69, 9.17) is 4.18 Å². The fourth-order valence-electron chi connectivity index (χ4n) is 1.76. The molecule has 0 amide bonds. The molecular formula is C14H13NO5S. The van der Waals surface area contributed by atoms with Gasteiger partial charge in [0, 0.05) is 12.1 Å². The first kappa shape index (κ1) is 15.0. The van der Waals surface area contributed by atoms with E-state index in [1.165, 1.54) is 24.3 Å². The number of non-ortho nitro benzene ring substituents is 1. The molecule has 0 heterocycles. The van der Waals surface area contributed by atoms with Gasteiger partial charge in [0.2, 0.25) is 0 Å². The van der Waals surface area contributed by atoms with Crippen LogP contribution >= 0.6 is 0 Å². The summed E-state index contributed by atoms with van der Waals surface area (Å²) in [7, 11) is -3.81. The maximum absolute atomic E-state index is 12.0. The van der Waals surface area contributed by atoms with Crippen molar-refractivity contribution in [2.45, 2.75) is 12.7 Å². The second-order valence-electron chi connectivity index (χ2n) is 4.46. The SMILES string of the molecule is Cc1ccccc1CS(=O)(=O)Oc1ccc([N+](=O)[O-])cc1. The molecule has 0 unspecified atom stereocenters. The Bertz CT molecular complexity index is 753. The van der Waals surface area contributed by atoms with E-state index in [0.29, 0.717) is 5.56 Å². The normalized spacial score (nSPS) is 11.1. The molecule has 0 spiro atoms. The van der Waals surface area contributed by atoms with Crippen LogP contribution in [0.5, 0.6) is 5.75 Å². The van der Waals surface area contributed by atoms with Gasteiger partial charge in [0.15, 0.2) is 0 Å². The van der Waals surface area contributed by atoms with Gasteiger partial charge in [0.05, 0.1) is 4.92 Å². The van der Waals surface area contributed by atoms with Crippen molar-refractivity contribution in [1.82, 2.24) is 0 Å². The van der Waals surface area contributed by atoms with Crippen molar-refractivity contribution in [3.8, 4) is 5.75 Å². The van der Waals surface area contributed by atoms with Gasteiger partial charge in [-0.1, -0.05) is 24.3 Å². The van der Waals surface area contributed by atoms with E-state index in [1.54, 1.807) is 12.1 Å². The van der Waals surface area contributed by atoms with Crippen LogP contribution in [0.3, 0.4) is 0 Å². The highest BCUT2D eigenvalue weighted by molar-refractivity contribution is 7.86. The Kier molecular flexibility index (Phi) is 4.23. The highest BCUT2D eigenvalue weighted by atomic mass is 32.2. The van der Waals surface area contributed by atoms with E-state index < -0.39 is 15.0 Å². The van der Waals surface area contributed by atoms with Crippen LogP contribution in [0.25, 0.3) is 0 Å². The minimum absolute atomic E-state index is 0.0502. The summed E-state index contributed by atoms with van der Waals surface area (Å²) in [6.07, 6.45) is 0. The molecule has 0 bridgehead atoms. The van der Waals surface area contributed by atoms with Crippen molar-refractivity contribution in [2.75, 3.05) is 0 Å². The van der Waals surface area contributed by atoms with Gasteiger partial charge in [-0.15, -0.1) is 0 Å². The Morgan fingerprint density at radius 3 is 2.29 bits per heavy atom. The van der Waals surface area contributed by atoms with Crippen LogP contribution < -0.4 is 4.18 Å². The number of nitrogens with zero attached hydrogens (tertiary/aromatic N) is 1. The van der Waals surface area contributed by atoms with Crippen molar-refractivity contribution in [3.05, 3.63) is 69.8 Å². The summed E-state index contributed by atoms with van der Waals surface area (Å²) in [5.41, 5.74) is 1.38. The Balaban J connectivity index is 2.14. The summed E-state index contributed by atoms with van der Waals surface area (Å²) in [5, 5.41) is 10.5. The van der Waals surface area contributed by atoms with Crippen LogP contribution in [0.4, 0.5) is 5.69 Å². The van der Waals surface area contributed by atoms with Gasteiger partial charge in [-0.05, 0) is 30.2 Å². The first-order chi connectivity index (χ1) is 9.87. The predicted molar refractivity (Wildman–Crippen MR) is 77.5 cm³/mol. The van der Waals surface area contributed by atoms with Gasteiger partial charge in [-0.25, -0.2) is 0 Å². The molecule has 0 radical (unpaired) electrons. The second kappa shape index (κ2) is 5.92. The zero-order valence-corrected chi connectivity index (χ0v) is 12.0. The van der Waals surface area contributed by atoms with Crippen molar-refractivity contribution in [2.24, 2.45) is 0 Å². The summed E-state index contributed by atoms with van der Waals surface area (Å²) in [4.78, 5) is 9.96. The smallest absolute Gasteiger partial charge is 0.313 e. The average Bonchev–Trinajstić information content (AvgIpc) is 2.41. The zero-order chi connectivity index (χ0) is 15.5. The van der Waals surface area contributed by atoms with E-state index >= 15 is 0 Å². The van der Waals surface area contributed by atoms with Gasteiger partial charge in [0.25, 0.3) is 5.69 Å².